The average molecular weight is 439 g/mol. The summed E-state index contributed by atoms with van der Waals surface area (Å²) in [5.41, 5.74) is 4.71. The summed E-state index contributed by atoms with van der Waals surface area (Å²) in [4.78, 5) is 20.4. The van der Waals surface area contributed by atoms with Crippen molar-refractivity contribution in [3.8, 4) is 11.3 Å². The van der Waals surface area contributed by atoms with Crippen LogP contribution in [0, 0.1) is 5.82 Å². The molecule has 5 rings (SSSR count). The van der Waals surface area contributed by atoms with E-state index in [1.54, 1.807) is 29.1 Å². The Kier molecular flexibility index (Phi) is 5.68. The Bertz CT molecular complexity index is 1390. The number of carbonyl (C=O) groups excluding carboxylic acids is 1. The predicted molar refractivity (Wildman–Crippen MR) is 126 cm³/mol. The van der Waals surface area contributed by atoms with Gasteiger partial charge in [0.05, 0.1) is 12.2 Å². The summed E-state index contributed by atoms with van der Waals surface area (Å²) in [6, 6.07) is 21.9. The summed E-state index contributed by atoms with van der Waals surface area (Å²) >= 11 is 0. The molecule has 7 heteroatoms. The molecule has 33 heavy (non-hydrogen) atoms. The quantitative estimate of drug-likeness (QED) is 0.367. The van der Waals surface area contributed by atoms with E-state index in [1.165, 1.54) is 12.1 Å². The lowest BCUT2D eigenvalue weighted by molar-refractivity contribution is -0.116. The molecule has 3 heterocycles. The molecule has 0 aliphatic heterocycles. The molecule has 0 unspecified atom stereocenters. The number of aryl methyl sites for hydroxylation is 1. The maximum absolute atomic E-state index is 13.4. The molecular weight excluding hydrogens is 417 g/mol. The Labute approximate surface area is 190 Å². The monoisotopic (exact) mass is 439 g/mol. The number of amides is 1. The van der Waals surface area contributed by atoms with Gasteiger partial charge in [0.2, 0.25) is 5.91 Å². The second-order valence-electron chi connectivity index (χ2n) is 7.80. The predicted octanol–water partition coefficient (Wildman–Crippen LogP) is 5.19. The van der Waals surface area contributed by atoms with Crippen molar-refractivity contribution < 1.29 is 9.18 Å². The lowest BCUT2D eigenvalue weighted by Crippen LogP contribution is -2.13. The zero-order valence-corrected chi connectivity index (χ0v) is 17.8. The second-order valence-corrected chi connectivity index (χ2v) is 7.80. The third kappa shape index (κ3) is 4.67. The highest BCUT2D eigenvalue weighted by Crippen LogP contribution is 2.31. The topological polar surface area (TPSA) is 75.6 Å². The molecular formula is C26H22FN5O. The number of anilines is 1. The molecule has 0 aliphatic carbocycles. The van der Waals surface area contributed by atoms with Gasteiger partial charge in [0.1, 0.15) is 5.82 Å². The molecule has 0 fully saturated rings. The smallest absolute Gasteiger partial charge is 0.225 e. The van der Waals surface area contributed by atoms with Gasteiger partial charge in [-0.15, -0.1) is 0 Å². The minimum atomic E-state index is -0.279. The zero-order valence-electron chi connectivity index (χ0n) is 17.8. The number of nitrogens with zero attached hydrogens (tertiary/aromatic N) is 3. The normalized spacial score (nSPS) is 11.1. The summed E-state index contributed by atoms with van der Waals surface area (Å²) in [7, 11) is 0. The highest BCUT2D eigenvalue weighted by Gasteiger charge is 2.15. The number of fused-ring (bicyclic) bond motifs is 1. The minimum Gasteiger partial charge on any atom is -0.354 e. The Morgan fingerprint density at radius 1 is 1.00 bits per heavy atom. The van der Waals surface area contributed by atoms with Gasteiger partial charge >= 0.3 is 0 Å². The number of halogens is 1. The molecule has 0 radical (unpaired) electrons. The van der Waals surface area contributed by atoms with Gasteiger partial charge in [-0.3, -0.25) is 14.5 Å². The molecule has 0 aliphatic rings. The number of aromatic amines is 1. The van der Waals surface area contributed by atoms with E-state index in [0.29, 0.717) is 25.2 Å². The van der Waals surface area contributed by atoms with Crippen LogP contribution in [0.15, 0.2) is 85.2 Å². The molecule has 0 spiro atoms. The molecule has 1 amide bonds. The largest absolute Gasteiger partial charge is 0.354 e. The van der Waals surface area contributed by atoms with Gasteiger partial charge in [-0.2, -0.15) is 5.10 Å². The van der Waals surface area contributed by atoms with Gasteiger partial charge in [-0.1, -0.05) is 24.3 Å². The third-order valence-corrected chi connectivity index (χ3v) is 5.51. The number of pyridine rings is 1. The number of nitrogens with one attached hydrogen (secondary N) is 2. The van der Waals surface area contributed by atoms with E-state index in [0.717, 1.165) is 33.4 Å². The van der Waals surface area contributed by atoms with Crippen molar-refractivity contribution in [3.63, 3.8) is 0 Å². The van der Waals surface area contributed by atoms with Gasteiger partial charge in [-0.05, 0) is 60.0 Å². The zero-order chi connectivity index (χ0) is 22.6. The molecule has 0 saturated heterocycles. The summed E-state index contributed by atoms with van der Waals surface area (Å²) in [6.45, 7) is 0.535. The number of benzene rings is 2. The lowest BCUT2D eigenvalue weighted by atomic mass is 10.0. The van der Waals surface area contributed by atoms with Crippen LogP contribution in [0.2, 0.25) is 0 Å². The molecule has 6 nitrogen and oxygen atoms in total. The van der Waals surface area contributed by atoms with Crippen molar-refractivity contribution in [2.24, 2.45) is 0 Å². The summed E-state index contributed by atoms with van der Waals surface area (Å²) in [6.07, 6.45) is 4.39. The Morgan fingerprint density at radius 2 is 1.82 bits per heavy atom. The van der Waals surface area contributed by atoms with Crippen molar-refractivity contribution in [3.05, 3.63) is 102 Å². The van der Waals surface area contributed by atoms with E-state index < -0.39 is 0 Å². The molecule has 0 atom stereocenters. The fourth-order valence-corrected chi connectivity index (χ4v) is 3.94. The van der Waals surface area contributed by atoms with Gasteiger partial charge in [0.15, 0.2) is 5.82 Å². The maximum atomic E-state index is 13.4. The van der Waals surface area contributed by atoms with Gasteiger partial charge < -0.3 is 10.3 Å². The highest BCUT2D eigenvalue weighted by molar-refractivity contribution is 5.93. The number of rotatable bonds is 7. The van der Waals surface area contributed by atoms with Crippen LogP contribution in [0.1, 0.15) is 17.7 Å². The molecule has 3 aromatic heterocycles. The van der Waals surface area contributed by atoms with E-state index in [9.17, 15) is 9.18 Å². The summed E-state index contributed by atoms with van der Waals surface area (Å²) in [5.74, 6) is 0.111. The van der Waals surface area contributed by atoms with Crippen LogP contribution in [0.4, 0.5) is 10.2 Å². The standard InChI is InChI=1S/C26H22FN5O/c27-19-10-8-18(9-11-19)26-22(21-6-1-2-7-23(21)29-26)12-13-25(33)30-24-14-16-32(31-24)17-20-5-3-4-15-28-20/h1-11,14-16,29H,12-13,17H2,(H,30,31,33). The Hall–Kier alpha value is -4.26. The Morgan fingerprint density at radius 3 is 2.64 bits per heavy atom. The van der Waals surface area contributed by atoms with E-state index in [1.807, 2.05) is 48.7 Å². The summed E-state index contributed by atoms with van der Waals surface area (Å²) in [5, 5.41) is 8.35. The number of hydrogen-bond donors (Lipinski definition) is 2. The lowest BCUT2D eigenvalue weighted by Gasteiger charge is -2.06. The van der Waals surface area contributed by atoms with Crippen molar-refractivity contribution in [1.29, 1.82) is 0 Å². The molecule has 5 aromatic rings. The number of para-hydroxylation sites is 1. The van der Waals surface area contributed by atoms with Crippen molar-refractivity contribution in [2.45, 2.75) is 19.4 Å². The number of hydrogen-bond acceptors (Lipinski definition) is 3. The van der Waals surface area contributed by atoms with E-state index in [2.05, 4.69) is 20.4 Å². The van der Waals surface area contributed by atoms with Crippen LogP contribution in [-0.4, -0.2) is 25.7 Å². The molecule has 2 N–H and O–H groups in total. The van der Waals surface area contributed by atoms with Crippen molar-refractivity contribution in [2.75, 3.05) is 5.32 Å². The van der Waals surface area contributed by atoms with Crippen LogP contribution in [0.5, 0.6) is 0 Å². The molecule has 0 bridgehead atoms. The SMILES string of the molecule is O=C(CCc1c(-c2ccc(F)cc2)[nH]c2ccccc12)Nc1ccn(Cc2ccccn2)n1. The minimum absolute atomic E-state index is 0.117. The average Bonchev–Trinajstić information content (AvgIpc) is 3.43. The first-order chi connectivity index (χ1) is 16.2. The first kappa shape index (κ1) is 20.6. The Balaban J connectivity index is 1.29. The van der Waals surface area contributed by atoms with Crippen LogP contribution in [0.3, 0.4) is 0 Å². The third-order valence-electron chi connectivity index (χ3n) is 5.51. The fourth-order valence-electron chi connectivity index (χ4n) is 3.94. The molecule has 0 saturated carbocycles. The van der Waals surface area contributed by atoms with Gasteiger partial charge in [0, 0.05) is 41.5 Å². The van der Waals surface area contributed by atoms with Crippen LogP contribution >= 0.6 is 0 Å². The number of aromatic nitrogens is 4. The molecule has 2 aromatic carbocycles. The summed E-state index contributed by atoms with van der Waals surface area (Å²) < 4.78 is 15.2. The van der Waals surface area contributed by atoms with E-state index >= 15 is 0 Å². The van der Waals surface area contributed by atoms with Crippen LogP contribution in [-0.2, 0) is 17.8 Å². The van der Waals surface area contributed by atoms with Gasteiger partial charge in [0.25, 0.3) is 0 Å². The number of H-pyrrole nitrogens is 1. The number of carbonyl (C=O) groups is 1. The first-order valence-electron chi connectivity index (χ1n) is 10.7. The van der Waals surface area contributed by atoms with E-state index in [-0.39, 0.29) is 11.7 Å². The van der Waals surface area contributed by atoms with Crippen LogP contribution < -0.4 is 5.32 Å². The first-order valence-corrected chi connectivity index (χ1v) is 10.7. The van der Waals surface area contributed by atoms with Crippen LogP contribution in [0.25, 0.3) is 22.2 Å². The van der Waals surface area contributed by atoms with E-state index in [4.69, 9.17) is 0 Å². The highest BCUT2D eigenvalue weighted by atomic mass is 19.1. The van der Waals surface area contributed by atoms with Crippen molar-refractivity contribution in [1.82, 2.24) is 19.7 Å². The molecule has 164 valence electrons. The fraction of sp³-hybridized carbons (Fsp3) is 0.115. The van der Waals surface area contributed by atoms with Crippen molar-refractivity contribution >= 4 is 22.6 Å². The second kappa shape index (κ2) is 9.08. The van der Waals surface area contributed by atoms with Gasteiger partial charge in [-0.25, -0.2) is 4.39 Å². The maximum Gasteiger partial charge on any atom is 0.225 e.